The highest BCUT2D eigenvalue weighted by atomic mass is 16.3. The molecule has 0 aromatic heterocycles. The molecule has 1 aliphatic rings. The Labute approximate surface area is 232 Å². The highest BCUT2D eigenvalue weighted by Gasteiger charge is 2.38. The van der Waals surface area contributed by atoms with Crippen molar-refractivity contribution in [2.45, 2.75) is 25.9 Å². The first-order chi connectivity index (χ1) is 19.1. The molecule has 3 amide bonds. The van der Waals surface area contributed by atoms with Crippen molar-refractivity contribution in [3.63, 3.8) is 0 Å². The molecule has 4 rings (SSSR count). The summed E-state index contributed by atoms with van der Waals surface area (Å²) in [4.78, 5) is 55.2. The second-order valence-corrected chi connectivity index (χ2v) is 9.53. The molecular weight excluding hydrogens is 510 g/mol. The summed E-state index contributed by atoms with van der Waals surface area (Å²) in [7, 11) is 1.62. The molecule has 0 saturated heterocycles. The fourth-order valence-electron chi connectivity index (χ4n) is 4.45. The minimum absolute atomic E-state index is 0.0190. The third kappa shape index (κ3) is 5.76. The number of rotatable bonds is 8. The van der Waals surface area contributed by atoms with Gasteiger partial charge in [-0.2, -0.15) is 0 Å². The number of ketones is 1. The molecule has 0 aliphatic carbocycles. The van der Waals surface area contributed by atoms with E-state index < -0.39 is 29.8 Å². The molecule has 3 aromatic rings. The average molecular weight is 542 g/mol. The Morgan fingerprint density at radius 3 is 2.20 bits per heavy atom. The zero-order chi connectivity index (χ0) is 29.0. The predicted octanol–water partition coefficient (Wildman–Crippen LogP) is 2.75. The van der Waals surface area contributed by atoms with Crippen LogP contribution >= 0.6 is 0 Å². The van der Waals surface area contributed by atoms with Gasteiger partial charge in [0.25, 0.3) is 11.8 Å². The molecule has 3 aromatic carbocycles. The van der Waals surface area contributed by atoms with Crippen molar-refractivity contribution in [1.29, 1.82) is 5.41 Å². The lowest BCUT2D eigenvalue weighted by atomic mass is 10.1. The molecule has 0 spiro atoms. The van der Waals surface area contributed by atoms with Gasteiger partial charge >= 0.3 is 0 Å². The van der Waals surface area contributed by atoms with Crippen molar-refractivity contribution in [2.75, 3.05) is 29.9 Å². The molecular formula is C30H31N5O5. The minimum atomic E-state index is -1.13. The van der Waals surface area contributed by atoms with Gasteiger partial charge in [0.15, 0.2) is 5.78 Å². The number of carbonyl (C=O) groups is 4. The molecule has 0 saturated carbocycles. The number of amides is 3. The summed E-state index contributed by atoms with van der Waals surface area (Å²) >= 11 is 0. The van der Waals surface area contributed by atoms with Crippen LogP contribution in [0.4, 0.5) is 11.4 Å². The molecule has 0 bridgehead atoms. The molecule has 0 unspecified atom stereocenters. The van der Waals surface area contributed by atoms with Crippen LogP contribution < -0.4 is 20.4 Å². The maximum absolute atomic E-state index is 14.0. The van der Waals surface area contributed by atoms with E-state index in [1.165, 1.54) is 22.8 Å². The Morgan fingerprint density at radius 2 is 1.57 bits per heavy atom. The molecule has 10 nitrogen and oxygen atoms in total. The summed E-state index contributed by atoms with van der Waals surface area (Å²) in [6.45, 7) is 2.72. The largest absolute Gasteiger partial charge is 0.507 e. The number of para-hydroxylation sites is 3. The standard InChI is InChI=1S/C30H31N5O5/c1-18(32-3)28(38)33-24-17-35(29(39)21-14-12-20(13-15-21)19(2)36)26-10-6-5-9-25(26)34(30(24)40)16-23(31)22-8-4-7-11-27(22)37/h4-15,18,24,31-32,37H,16-17H2,1-3H3,(H,33,38)/t18-,24-/m0/s1. The van der Waals surface area contributed by atoms with Gasteiger partial charge in [-0.3, -0.25) is 19.2 Å². The number of hydrogen-bond donors (Lipinski definition) is 4. The molecule has 206 valence electrons. The first-order valence-electron chi connectivity index (χ1n) is 12.8. The number of hydrogen-bond acceptors (Lipinski definition) is 7. The summed E-state index contributed by atoms with van der Waals surface area (Å²) < 4.78 is 0. The first-order valence-corrected chi connectivity index (χ1v) is 12.8. The van der Waals surface area contributed by atoms with Crippen molar-refractivity contribution in [1.82, 2.24) is 10.6 Å². The Balaban J connectivity index is 1.78. The third-order valence-corrected chi connectivity index (χ3v) is 6.86. The van der Waals surface area contributed by atoms with E-state index in [1.54, 1.807) is 80.7 Å². The third-order valence-electron chi connectivity index (χ3n) is 6.86. The van der Waals surface area contributed by atoms with Crippen LogP contribution in [0.25, 0.3) is 0 Å². The Hall–Kier alpha value is -4.83. The van der Waals surface area contributed by atoms with E-state index in [-0.39, 0.29) is 35.9 Å². The van der Waals surface area contributed by atoms with Gasteiger partial charge in [-0.05, 0) is 57.3 Å². The number of nitrogens with one attached hydrogen (secondary N) is 3. The monoisotopic (exact) mass is 541 g/mol. The maximum Gasteiger partial charge on any atom is 0.258 e. The highest BCUT2D eigenvalue weighted by molar-refractivity contribution is 6.15. The van der Waals surface area contributed by atoms with Gasteiger partial charge in [0.2, 0.25) is 5.91 Å². The number of likely N-dealkylation sites (N-methyl/N-ethyl adjacent to an activating group) is 1. The average Bonchev–Trinajstić information content (AvgIpc) is 3.07. The number of benzene rings is 3. The van der Waals surface area contributed by atoms with Crippen LogP contribution in [-0.4, -0.2) is 66.5 Å². The fraction of sp³-hybridized carbons (Fsp3) is 0.233. The number of Topliss-reactive ketones (excluding diaryl/α,β-unsaturated/α-hetero) is 1. The number of phenols is 1. The van der Waals surface area contributed by atoms with E-state index in [0.717, 1.165) is 0 Å². The number of nitrogens with zero attached hydrogens (tertiary/aromatic N) is 2. The predicted molar refractivity (Wildman–Crippen MR) is 152 cm³/mol. The topological polar surface area (TPSA) is 143 Å². The Kier molecular flexibility index (Phi) is 8.40. The van der Waals surface area contributed by atoms with Crippen LogP contribution in [0.15, 0.2) is 72.8 Å². The zero-order valence-corrected chi connectivity index (χ0v) is 22.5. The van der Waals surface area contributed by atoms with Gasteiger partial charge in [-0.1, -0.05) is 36.4 Å². The summed E-state index contributed by atoms with van der Waals surface area (Å²) in [5, 5.41) is 24.6. The van der Waals surface area contributed by atoms with Gasteiger partial charge in [0, 0.05) is 16.7 Å². The van der Waals surface area contributed by atoms with E-state index in [9.17, 15) is 24.3 Å². The van der Waals surface area contributed by atoms with Crippen molar-refractivity contribution >= 4 is 40.6 Å². The minimum Gasteiger partial charge on any atom is -0.507 e. The molecule has 4 N–H and O–H groups in total. The van der Waals surface area contributed by atoms with Crippen LogP contribution in [0, 0.1) is 5.41 Å². The number of fused-ring (bicyclic) bond motifs is 1. The number of phenolic OH excluding ortho intramolecular Hbond substituents is 1. The first kappa shape index (κ1) is 28.2. The smallest absolute Gasteiger partial charge is 0.258 e. The maximum atomic E-state index is 14.0. The molecule has 0 radical (unpaired) electrons. The summed E-state index contributed by atoms with van der Waals surface area (Å²) in [6, 6.07) is 17.7. The van der Waals surface area contributed by atoms with Gasteiger partial charge in [-0.15, -0.1) is 0 Å². The van der Waals surface area contributed by atoms with Gasteiger partial charge in [-0.25, -0.2) is 0 Å². The van der Waals surface area contributed by atoms with Crippen molar-refractivity contribution in [3.8, 4) is 5.75 Å². The lowest BCUT2D eigenvalue weighted by molar-refractivity contribution is -0.128. The summed E-state index contributed by atoms with van der Waals surface area (Å²) in [6.07, 6.45) is 0. The molecule has 40 heavy (non-hydrogen) atoms. The SMILES string of the molecule is CN[C@@H](C)C(=O)N[C@H]1CN(C(=O)c2ccc(C(C)=O)cc2)c2ccccc2N(CC(=N)c2ccccc2O)C1=O. The quantitative estimate of drug-likeness (QED) is 0.255. The van der Waals surface area contributed by atoms with Crippen molar-refractivity contribution < 1.29 is 24.3 Å². The highest BCUT2D eigenvalue weighted by Crippen LogP contribution is 2.34. The molecule has 1 aliphatic heterocycles. The lowest BCUT2D eigenvalue weighted by Gasteiger charge is -2.26. The molecule has 1 heterocycles. The summed E-state index contributed by atoms with van der Waals surface area (Å²) in [5.41, 5.74) is 1.80. The van der Waals surface area contributed by atoms with Crippen molar-refractivity contribution in [2.24, 2.45) is 0 Å². The second-order valence-electron chi connectivity index (χ2n) is 9.53. The van der Waals surface area contributed by atoms with Gasteiger partial charge in [0.05, 0.1) is 36.2 Å². The zero-order valence-electron chi connectivity index (χ0n) is 22.5. The van der Waals surface area contributed by atoms with E-state index in [4.69, 9.17) is 5.41 Å². The number of carbonyl (C=O) groups excluding carboxylic acids is 4. The Morgan fingerprint density at radius 1 is 0.975 bits per heavy atom. The van der Waals surface area contributed by atoms with Crippen LogP contribution in [0.2, 0.25) is 0 Å². The number of aromatic hydroxyl groups is 1. The van der Waals surface area contributed by atoms with E-state index in [1.807, 2.05) is 0 Å². The molecule has 2 atom stereocenters. The van der Waals surface area contributed by atoms with Crippen LogP contribution in [0.1, 0.15) is 40.1 Å². The van der Waals surface area contributed by atoms with E-state index in [2.05, 4.69) is 10.6 Å². The molecule has 10 heteroatoms. The van der Waals surface area contributed by atoms with Crippen LogP contribution in [-0.2, 0) is 9.59 Å². The van der Waals surface area contributed by atoms with Gasteiger partial charge in [0.1, 0.15) is 11.8 Å². The Bertz CT molecular complexity index is 1470. The molecule has 0 fully saturated rings. The normalized spacial score (nSPS) is 15.6. The van der Waals surface area contributed by atoms with E-state index >= 15 is 0 Å². The second kappa shape index (κ2) is 11.9. The lowest BCUT2D eigenvalue weighted by Crippen LogP contribution is -2.56. The van der Waals surface area contributed by atoms with Crippen LogP contribution in [0.3, 0.4) is 0 Å². The summed E-state index contributed by atoms with van der Waals surface area (Å²) in [5.74, 6) is -1.59. The van der Waals surface area contributed by atoms with Crippen molar-refractivity contribution in [3.05, 3.63) is 89.5 Å². The fourth-order valence-corrected chi connectivity index (χ4v) is 4.45. The van der Waals surface area contributed by atoms with Gasteiger partial charge < -0.3 is 30.9 Å². The van der Waals surface area contributed by atoms with Crippen LogP contribution in [0.5, 0.6) is 5.75 Å². The van der Waals surface area contributed by atoms with E-state index in [0.29, 0.717) is 22.5 Å². The number of anilines is 2.